The third-order valence-electron chi connectivity index (χ3n) is 3.44. The molecule has 0 N–H and O–H groups in total. The zero-order valence-electron chi connectivity index (χ0n) is 14.6. The number of hydrogen-bond donors (Lipinski definition) is 0. The van der Waals surface area contributed by atoms with Crippen molar-refractivity contribution in [3.8, 4) is 5.75 Å². The second-order valence-electron chi connectivity index (χ2n) is 5.49. The maximum absolute atomic E-state index is 13.5. The van der Waals surface area contributed by atoms with Gasteiger partial charge in [-0.15, -0.1) is 0 Å². The van der Waals surface area contributed by atoms with Crippen LogP contribution in [0.2, 0.25) is 0 Å². The van der Waals surface area contributed by atoms with Crippen LogP contribution in [0.4, 0.5) is 4.39 Å². The van der Waals surface area contributed by atoms with E-state index in [0.29, 0.717) is 16.3 Å². The fraction of sp³-hybridized carbons (Fsp3) is 0.211. The Morgan fingerprint density at radius 2 is 2.07 bits per heavy atom. The summed E-state index contributed by atoms with van der Waals surface area (Å²) in [7, 11) is 0. The molecule has 0 spiro atoms. The van der Waals surface area contributed by atoms with Gasteiger partial charge in [-0.2, -0.15) is 0 Å². The number of para-hydroxylation sites is 1. The molecule has 0 saturated heterocycles. The smallest absolute Gasteiger partial charge is 0.341 e. The molecule has 0 aliphatic carbocycles. The van der Waals surface area contributed by atoms with Crippen LogP contribution in [0.3, 0.4) is 0 Å². The van der Waals surface area contributed by atoms with E-state index < -0.39 is 11.8 Å². The van der Waals surface area contributed by atoms with E-state index in [0.717, 1.165) is 11.5 Å². The summed E-state index contributed by atoms with van der Waals surface area (Å²) < 4.78 is 29.0. The lowest BCUT2D eigenvalue weighted by Gasteiger charge is -2.09. The number of esters is 1. The van der Waals surface area contributed by atoms with Crippen molar-refractivity contribution in [2.24, 2.45) is 0 Å². The first-order valence-corrected chi connectivity index (χ1v) is 9.16. The van der Waals surface area contributed by atoms with Crippen LogP contribution in [-0.2, 0) is 10.5 Å². The lowest BCUT2D eigenvalue weighted by molar-refractivity contribution is 0.0443. The van der Waals surface area contributed by atoms with Gasteiger partial charge in [-0.1, -0.05) is 29.1 Å². The molecule has 140 valence electrons. The van der Waals surface area contributed by atoms with Gasteiger partial charge in [-0.3, -0.25) is 0 Å². The van der Waals surface area contributed by atoms with Crippen molar-refractivity contribution in [2.75, 3.05) is 13.2 Å². The maximum Gasteiger partial charge on any atom is 0.341 e. The van der Waals surface area contributed by atoms with E-state index in [1.54, 1.807) is 30.5 Å². The average Bonchev–Trinajstić information content (AvgIpc) is 3.10. The van der Waals surface area contributed by atoms with Crippen LogP contribution in [-0.4, -0.2) is 29.3 Å². The van der Waals surface area contributed by atoms with Crippen LogP contribution < -0.4 is 4.74 Å². The average molecular weight is 388 g/mol. The molecular weight excluding hydrogens is 371 g/mol. The predicted octanol–water partition coefficient (Wildman–Crippen LogP) is 4.05. The molecule has 2 aromatic heterocycles. The summed E-state index contributed by atoms with van der Waals surface area (Å²) in [5.41, 5.74) is 1.12. The number of carbonyl (C=O) groups excluding carboxylic acids is 1. The monoisotopic (exact) mass is 388 g/mol. The van der Waals surface area contributed by atoms with E-state index in [1.165, 1.54) is 23.9 Å². The summed E-state index contributed by atoms with van der Waals surface area (Å²) in [6.45, 7) is 1.86. The van der Waals surface area contributed by atoms with E-state index in [1.807, 2.05) is 13.0 Å². The zero-order valence-corrected chi connectivity index (χ0v) is 15.4. The third kappa shape index (κ3) is 5.30. The number of pyridine rings is 1. The number of benzene rings is 1. The highest BCUT2D eigenvalue weighted by atomic mass is 32.2. The van der Waals surface area contributed by atoms with Gasteiger partial charge in [0, 0.05) is 18.0 Å². The second-order valence-corrected chi connectivity index (χ2v) is 6.45. The van der Waals surface area contributed by atoms with E-state index >= 15 is 0 Å². The van der Waals surface area contributed by atoms with Gasteiger partial charge in [0.2, 0.25) is 0 Å². The lowest BCUT2D eigenvalue weighted by Crippen LogP contribution is -2.13. The SMILES string of the molecule is Cc1cc(CSc2ncccc2C(=O)OCCOc2ccccc2F)no1. The van der Waals surface area contributed by atoms with E-state index in [2.05, 4.69) is 10.1 Å². The van der Waals surface area contributed by atoms with E-state index in [9.17, 15) is 9.18 Å². The zero-order chi connectivity index (χ0) is 19.1. The molecule has 0 amide bonds. The largest absolute Gasteiger partial charge is 0.487 e. The normalized spacial score (nSPS) is 10.6. The Bertz CT molecular complexity index is 916. The minimum absolute atomic E-state index is 0.00531. The number of thioether (sulfide) groups is 1. The first-order valence-electron chi connectivity index (χ1n) is 8.18. The van der Waals surface area contributed by atoms with Crippen LogP contribution in [0.15, 0.2) is 58.2 Å². The minimum Gasteiger partial charge on any atom is -0.487 e. The highest BCUT2D eigenvalue weighted by molar-refractivity contribution is 7.98. The highest BCUT2D eigenvalue weighted by Crippen LogP contribution is 2.24. The molecule has 2 heterocycles. The molecule has 0 saturated carbocycles. The molecule has 8 heteroatoms. The van der Waals surface area contributed by atoms with Gasteiger partial charge in [-0.05, 0) is 31.2 Å². The number of aryl methyl sites for hydroxylation is 1. The van der Waals surface area contributed by atoms with Crippen molar-refractivity contribution in [2.45, 2.75) is 17.7 Å². The van der Waals surface area contributed by atoms with Gasteiger partial charge in [0.1, 0.15) is 24.0 Å². The molecule has 0 bridgehead atoms. The Morgan fingerprint density at radius 3 is 2.85 bits per heavy atom. The van der Waals surface area contributed by atoms with Crippen LogP contribution in [0.25, 0.3) is 0 Å². The first kappa shape index (κ1) is 18.9. The Balaban J connectivity index is 1.52. The van der Waals surface area contributed by atoms with Gasteiger partial charge < -0.3 is 14.0 Å². The van der Waals surface area contributed by atoms with E-state index in [4.69, 9.17) is 14.0 Å². The summed E-state index contributed by atoms with van der Waals surface area (Å²) in [6, 6.07) is 11.2. The van der Waals surface area contributed by atoms with Crippen molar-refractivity contribution in [3.63, 3.8) is 0 Å². The van der Waals surface area contributed by atoms with Crippen LogP contribution >= 0.6 is 11.8 Å². The summed E-state index contributed by atoms with van der Waals surface area (Å²) in [4.78, 5) is 16.6. The topological polar surface area (TPSA) is 74.5 Å². The molecule has 1 aromatic carbocycles. The Labute approximate surface area is 159 Å². The molecule has 0 fully saturated rings. The number of rotatable bonds is 8. The molecule has 0 aliphatic rings. The molecule has 3 aromatic rings. The molecule has 0 radical (unpaired) electrons. The summed E-state index contributed by atoms with van der Waals surface area (Å²) in [5.74, 6) is 0.387. The fourth-order valence-electron chi connectivity index (χ4n) is 2.21. The summed E-state index contributed by atoms with van der Waals surface area (Å²) in [5, 5.41) is 4.45. The van der Waals surface area contributed by atoms with Gasteiger partial charge in [0.05, 0.1) is 11.3 Å². The third-order valence-corrected chi connectivity index (χ3v) is 4.47. The molecule has 6 nitrogen and oxygen atoms in total. The van der Waals surface area contributed by atoms with Crippen LogP contribution in [0, 0.1) is 12.7 Å². The van der Waals surface area contributed by atoms with Crippen molar-refractivity contribution < 1.29 is 23.2 Å². The number of carbonyl (C=O) groups is 1. The summed E-state index contributed by atoms with van der Waals surface area (Å²) in [6.07, 6.45) is 1.61. The fourth-order valence-corrected chi connectivity index (χ4v) is 3.08. The molecular formula is C19H17FN2O4S. The van der Waals surface area contributed by atoms with Gasteiger partial charge in [0.25, 0.3) is 0 Å². The molecule has 0 aliphatic heterocycles. The Kier molecular flexibility index (Phi) is 6.43. The second kappa shape index (κ2) is 9.18. The van der Waals surface area contributed by atoms with Crippen LogP contribution in [0.5, 0.6) is 5.75 Å². The molecule has 0 unspecified atom stereocenters. The molecule has 27 heavy (non-hydrogen) atoms. The van der Waals surface area contributed by atoms with Gasteiger partial charge in [-0.25, -0.2) is 14.2 Å². The number of hydrogen-bond acceptors (Lipinski definition) is 7. The highest BCUT2D eigenvalue weighted by Gasteiger charge is 2.15. The number of aromatic nitrogens is 2. The van der Waals surface area contributed by atoms with Crippen LogP contribution in [0.1, 0.15) is 21.8 Å². The molecule has 0 atom stereocenters. The van der Waals surface area contributed by atoms with Crippen molar-refractivity contribution in [1.29, 1.82) is 0 Å². The predicted molar refractivity (Wildman–Crippen MR) is 97.2 cm³/mol. The minimum atomic E-state index is -0.515. The number of ether oxygens (including phenoxy) is 2. The van der Waals surface area contributed by atoms with E-state index in [-0.39, 0.29) is 19.0 Å². The standard InChI is InChI=1S/C19H17FN2O4S/c1-13-11-14(22-26-13)12-27-18-15(5-4-8-21-18)19(23)25-10-9-24-17-7-3-2-6-16(17)20/h2-8,11H,9-10,12H2,1H3. The van der Waals surface area contributed by atoms with Crippen molar-refractivity contribution >= 4 is 17.7 Å². The number of halogens is 1. The Hall–Kier alpha value is -2.87. The van der Waals surface area contributed by atoms with Gasteiger partial charge in [0.15, 0.2) is 11.6 Å². The lowest BCUT2D eigenvalue weighted by atomic mass is 10.3. The first-order chi connectivity index (χ1) is 13.1. The van der Waals surface area contributed by atoms with Crippen molar-refractivity contribution in [1.82, 2.24) is 10.1 Å². The van der Waals surface area contributed by atoms with Gasteiger partial charge >= 0.3 is 5.97 Å². The summed E-state index contributed by atoms with van der Waals surface area (Å²) >= 11 is 1.36. The Morgan fingerprint density at radius 1 is 1.22 bits per heavy atom. The maximum atomic E-state index is 13.5. The molecule has 3 rings (SSSR count). The quantitative estimate of drug-likeness (QED) is 0.327. The van der Waals surface area contributed by atoms with Crippen molar-refractivity contribution in [3.05, 3.63) is 71.5 Å². The number of nitrogens with zero attached hydrogens (tertiary/aromatic N) is 2.